The quantitative estimate of drug-likeness (QED) is 0.313. The fourth-order valence-electron chi connectivity index (χ4n) is 3.88. The van der Waals surface area contributed by atoms with Crippen LogP contribution in [0.15, 0.2) is 43.0 Å². The molecule has 0 aliphatic rings. The Morgan fingerprint density at radius 1 is 1.09 bits per heavy atom. The van der Waals surface area contributed by atoms with E-state index in [9.17, 15) is 17.6 Å². The number of aromatic amines is 1. The third-order valence-corrected chi connectivity index (χ3v) is 5.33. The Bertz CT molecular complexity index is 1500. The summed E-state index contributed by atoms with van der Waals surface area (Å²) in [5.41, 5.74) is 1.64. The van der Waals surface area contributed by atoms with Crippen LogP contribution in [0.1, 0.15) is 12.6 Å². The van der Waals surface area contributed by atoms with Gasteiger partial charge in [-0.15, -0.1) is 0 Å². The van der Waals surface area contributed by atoms with E-state index in [2.05, 4.69) is 35.7 Å². The van der Waals surface area contributed by atoms with Crippen LogP contribution in [0.5, 0.6) is 0 Å². The molecular weight excluding hydrogens is 452 g/mol. The van der Waals surface area contributed by atoms with E-state index >= 15 is 0 Å². The molecule has 0 radical (unpaired) electrons. The summed E-state index contributed by atoms with van der Waals surface area (Å²) in [5, 5.41) is 10.6. The molecule has 5 rings (SSSR count). The Labute approximate surface area is 190 Å². The zero-order valence-electron chi connectivity index (χ0n) is 18.0. The van der Waals surface area contributed by atoms with Gasteiger partial charge in [0.15, 0.2) is 5.69 Å². The van der Waals surface area contributed by atoms with E-state index in [1.807, 2.05) is 6.92 Å². The monoisotopic (exact) mass is 470 g/mol. The summed E-state index contributed by atoms with van der Waals surface area (Å²) in [5.74, 6) is -0.124. The second kappa shape index (κ2) is 7.97. The van der Waals surface area contributed by atoms with Crippen LogP contribution in [0.2, 0.25) is 0 Å². The lowest BCUT2D eigenvalue weighted by atomic mass is 10.0. The van der Waals surface area contributed by atoms with Gasteiger partial charge in [-0.25, -0.2) is 24.0 Å². The fourth-order valence-corrected chi connectivity index (χ4v) is 3.88. The van der Waals surface area contributed by atoms with Crippen molar-refractivity contribution in [3.05, 3.63) is 54.5 Å². The number of H-pyrrole nitrogens is 1. The predicted molar refractivity (Wildman–Crippen MR) is 120 cm³/mol. The first-order chi connectivity index (χ1) is 16.3. The number of pyridine rings is 1. The van der Waals surface area contributed by atoms with Crippen LogP contribution in [0.25, 0.3) is 38.8 Å². The van der Waals surface area contributed by atoms with Crippen LogP contribution in [-0.2, 0) is 6.18 Å². The largest absolute Gasteiger partial charge is 0.435 e. The van der Waals surface area contributed by atoms with Crippen molar-refractivity contribution in [1.29, 1.82) is 0 Å². The average molecular weight is 470 g/mol. The summed E-state index contributed by atoms with van der Waals surface area (Å²) in [6.45, 7) is 2.42. The number of hydrogen-bond acceptors (Lipinski definition) is 6. The number of alkyl halides is 3. The highest BCUT2D eigenvalue weighted by Crippen LogP contribution is 2.39. The average Bonchev–Trinajstić information content (AvgIpc) is 3.44. The third kappa shape index (κ3) is 3.56. The molecule has 1 aromatic carbocycles. The number of benzene rings is 1. The Kier molecular flexibility index (Phi) is 5.07. The first kappa shape index (κ1) is 21.6. The number of fused-ring (bicyclic) bond motifs is 3. The third-order valence-electron chi connectivity index (χ3n) is 5.33. The number of rotatable bonds is 5. The van der Waals surface area contributed by atoms with Gasteiger partial charge in [-0.2, -0.15) is 18.3 Å². The van der Waals surface area contributed by atoms with Gasteiger partial charge in [-0.1, -0.05) is 0 Å². The van der Waals surface area contributed by atoms with Gasteiger partial charge in [0, 0.05) is 54.9 Å². The molecule has 34 heavy (non-hydrogen) atoms. The van der Waals surface area contributed by atoms with Crippen LogP contribution in [0.4, 0.5) is 29.2 Å². The van der Waals surface area contributed by atoms with Crippen molar-refractivity contribution in [2.45, 2.75) is 13.1 Å². The number of nitrogens with one attached hydrogen (secondary N) is 3. The maximum atomic E-state index is 14.6. The van der Waals surface area contributed by atoms with Gasteiger partial charge in [0.2, 0.25) is 5.95 Å². The second-order valence-corrected chi connectivity index (χ2v) is 7.46. The van der Waals surface area contributed by atoms with E-state index in [-0.39, 0.29) is 0 Å². The lowest BCUT2D eigenvalue weighted by Crippen LogP contribution is -2.08. The van der Waals surface area contributed by atoms with Crippen molar-refractivity contribution in [3.8, 4) is 16.8 Å². The first-order valence-corrected chi connectivity index (χ1v) is 10.3. The second-order valence-electron chi connectivity index (χ2n) is 7.46. The molecule has 4 heterocycles. The van der Waals surface area contributed by atoms with Crippen LogP contribution in [0.3, 0.4) is 0 Å². The zero-order valence-corrected chi connectivity index (χ0v) is 18.0. The minimum atomic E-state index is -4.63. The molecule has 0 unspecified atom stereocenters. The Balaban J connectivity index is 1.87. The molecule has 174 valence electrons. The number of halogens is 4. The Morgan fingerprint density at radius 2 is 1.85 bits per heavy atom. The predicted octanol–water partition coefficient (Wildman–Crippen LogP) is 4.99. The van der Waals surface area contributed by atoms with E-state index in [1.54, 1.807) is 7.05 Å². The minimum Gasteiger partial charge on any atom is -0.384 e. The molecule has 12 heteroatoms. The maximum absolute atomic E-state index is 14.6. The summed E-state index contributed by atoms with van der Waals surface area (Å²) >= 11 is 0. The van der Waals surface area contributed by atoms with E-state index in [1.165, 1.54) is 36.9 Å². The smallest absolute Gasteiger partial charge is 0.384 e. The lowest BCUT2D eigenvalue weighted by molar-refractivity contribution is -0.141. The van der Waals surface area contributed by atoms with Crippen LogP contribution in [0, 0.1) is 5.82 Å². The molecule has 0 atom stereocenters. The SMILES string of the molecule is CCNc1cc(F)cc2c1[nH]c1ncc(-c3cnc(NC)nc3)c(-n3ccc(C(F)(F)F)n3)c12. The fraction of sp³-hybridized carbons (Fsp3) is 0.182. The van der Waals surface area contributed by atoms with Crippen LogP contribution < -0.4 is 10.6 Å². The summed E-state index contributed by atoms with van der Waals surface area (Å²) in [7, 11) is 1.67. The van der Waals surface area contributed by atoms with Gasteiger partial charge < -0.3 is 15.6 Å². The molecule has 0 aliphatic heterocycles. The van der Waals surface area contributed by atoms with E-state index in [0.29, 0.717) is 56.9 Å². The van der Waals surface area contributed by atoms with Crippen molar-refractivity contribution in [2.24, 2.45) is 0 Å². The highest BCUT2D eigenvalue weighted by molar-refractivity contribution is 6.15. The molecule has 0 aliphatic carbocycles. The van der Waals surface area contributed by atoms with Crippen molar-refractivity contribution in [2.75, 3.05) is 24.2 Å². The summed E-state index contributed by atoms with van der Waals surface area (Å²) < 4.78 is 55.7. The van der Waals surface area contributed by atoms with Gasteiger partial charge in [0.05, 0.1) is 22.3 Å². The van der Waals surface area contributed by atoms with Crippen LogP contribution in [-0.4, -0.2) is 43.3 Å². The van der Waals surface area contributed by atoms with Crippen molar-refractivity contribution in [3.63, 3.8) is 0 Å². The van der Waals surface area contributed by atoms with E-state index < -0.39 is 17.7 Å². The topological polar surface area (TPSA) is 96.3 Å². The van der Waals surface area contributed by atoms with E-state index in [0.717, 1.165) is 10.7 Å². The summed E-state index contributed by atoms with van der Waals surface area (Å²) in [4.78, 5) is 16.0. The Hall–Kier alpha value is -4.22. The van der Waals surface area contributed by atoms with Gasteiger partial charge in [0.1, 0.15) is 11.5 Å². The number of anilines is 2. The van der Waals surface area contributed by atoms with Gasteiger partial charge in [0.25, 0.3) is 0 Å². The zero-order chi connectivity index (χ0) is 24.0. The highest BCUT2D eigenvalue weighted by atomic mass is 19.4. The molecule has 5 aromatic rings. The van der Waals surface area contributed by atoms with Gasteiger partial charge >= 0.3 is 6.18 Å². The van der Waals surface area contributed by atoms with Gasteiger partial charge in [-0.05, 0) is 25.1 Å². The number of aromatic nitrogens is 6. The van der Waals surface area contributed by atoms with E-state index in [4.69, 9.17) is 0 Å². The molecule has 0 spiro atoms. The molecule has 0 bridgehead atoms. The van der Waals surface area contributed by atoms with Crippen LogP contribution >= 0.6 is 0 Å². The number of hydrogen-bond donors (Lipinski definition) is 3. The summed E-state index contributed by atoms with van der Waals surface area (Å²) in [6, 6.07) is 3.55. The molecule has 0 saturated carbocycles. The molecular formula is C22H18F4N8. The molecule has 4 aromatic heterocycles. The molecule has 0 amide bonds. The normalized spacial score (nSPS) is 11.9. The Morgan fingerprint density at radius 3 is 2.50 bits per heavy atom. The molecule has 3 N–H and O–H groups in total. The lowest BCUT2D eigenvalue weighted by Gasteiger charge is -2.12. The first-order valence-electron chi connectivity index (χ1n) is 10.3. The standard InChI is InChI=1S/C22H18F4N8/c1-3-28-15-7-12(23)6-13-17-19(34-5-4-16(33-34)22(24,25)26)14(10-29-20(17)32-18(13)15)11-8-30-21(27-2)31-9-11/h4-10,28H,3H2,1-2H3,(H,29,32)(H,27,30,31). The minimum absolute atomic E-state index is 0.292. The van der Waals surface area contributed by atoms with Crippen molar-refractivity contribution >= 4 is 33.6 Å². The summed E-state index contributed by atoms with van der Waals surface area (Å²) in [6.07, 6.45) is 1.15. The van der Waals surface area contributed by atoms with Crippen molar-refractivity contribution in [1.82, 2.24) is 29.7 Å². The molecule has 0 fully saturated rings. The van der Waals surface area contributed by atoms with Gasteiger partial charge in [-0.3, -0.25) is 0 Å². The van der Waals surface area contributed by atoms with Crippen molar-refractivity contribution < 1.29 is 17.6 Å². The highest BCUT2D eigenvalue weighted by Gasteiger charge is 2.34. The maximum Gasteiger partial charge on any atom is 0.435 e. The molecule has 0 saturated heterocycles. The molecule has 8 nitrogen and oxygen atoms in total. The number of nitrogens with zero attached hydrogens (tertiary/aromatic N) is 5.